The predicted octanol–water partition coefficient (Wildman–Crippen LogP) is -0.619. The van der Waals surface area contributed by atoms with Gasteiger partial charge in [0.2, 0.25) is 5.58 Å². The Morgan fingerprint density at radius 2 is 2.08 bits per heavy atom. The van der Waals surface area contributed by atoms with Gasteiger partial charge >= 0.3 is 0 Å². The van der Waals surface area contributed by atoms with E-state index in [-0.39, 0.29) is 16.9 Å². The number of phenolic OH excluding ortho intramolecular Hbond substituents is 1. The number of hydrogen-bond donors (Lipinski definition) is 2. The van der Waals surface area contributed by atoms with E-state index in [1.807, 2.05) is 13.9 Å². The van der Waals surface area contributed by atoms with Crippen LogP contribution in [0.2, 0.25) is 0 Å². The zero-order valence-corrected chi connectivity index (χ0v) is 13.8. The maximum atomic E-state index is 12.4. The molecule has 0 aliphatic carbocycles. The fraction of sp³-hybridized carbons (Fsp3) is 0.375. The van der Waals surface area contributed by atoms with Gasteiger partial charge in [-0.15, -0.1) is 0 Å². The highest BCUT2D eigenvalue weighted by Gasteiger charge is 2.18. The van der Waals surface area contributed by atoms with Crippen LogP contribution in [0.5, 0.6) is 5.75 Å². The van der Waals surface area contributed by atoms with Crippen LogP contribution in [-0.4, -0.2) is 65.9 Å². The van der Waals surface area contributed by atoms with Crippen LogP contribution in [-0.2, 0) is 6.54 Å². The summed E-state index contributed by atoms with van der Waals surface area (Å²) in [5.41, 5.74) is 1.69. The number of aromatic nitrogens is 2. The average molecular weight is 326 g/mol. The van der Waals surface area contributed by atoms with Crippen molar-refractivity contribution in [1.29, 1.82) is 0 Å². The second kappa shape index (κ2) is 5.64. The molecule has 0 saturated carbocycles. The first-order chi connectivity index (χ1) is 11.5. The zero-order valence-electron chi connectivity index (χ0n) is 13.8. The number of furan rings is 1. The highest BCUT2D eigenvalue weighted by molar-refractivity contribution is 6.35. The van der Waals surface area contributed by atoms with E-state index in [1.165, 1.54) is 6.07 Å². The molecule has 2 N–H and O–H groups in total. The molecule has 0 spiro atoms. The standard InChI is InChI=1S/C16H19BN4O3/c1-20-2-4-21(5-3-20)8-13-18-14-9-6-10(17)11(22)7-12(9)24-15(14)16(23)19-13/h6-7,22H,2-5,8,17H2,1H3,(H,18,19,23). The third-order valence-electron chi connectivity index (χ3n) is 4.66. The summed E-state index contributed by atoms with van der Waals surface area (Å²) in [6.45, 7) is 4.55. The van der Waals surface area contributed by atoms with Gasteiger partial charge in [0.05, 0.1) is 6.54 Å². The molecule has 1 saturated heterocycles. The van der Waals surface area contributed by atoms with E-state index in [1.54, 1.807) is 0 Å². The van der Waals surface area contributed by atoms with Crippen molar-refractivity contribution >= 4 is 35.4 Å². The number of nitrogens with zero attached hydrogens (tertiary/aromatic N) is 3. The summed E-state index contributed by atoms with van der Waals surface area (Å²) < 4.78 is 5.59. The van der Waals surface area contributed by atoms with Crippen LogP contribution in [0.15, 0.2) is 21.3 Å². The lowest BCUT2D eigenvalue weighted by atomic mass is 9.94. The van der Waals surface area contributed by atoms with Crippen molar-refractivity contribution in [1.82, 2.24) is 19.8 Å². The maximum Gasteiger partial charge on any atom is 0.294 e. The van der Waals surface area contributed by atoms with E-state index >= 15 is 0 Å². The SMILES string of the molecule is Bc1cc2c(cc1O)oc1c(=O)[nH]c(CN3CCN(C)CC3)nc12. The van der Waals surface area contributed by atoms with Crippen molar-refractivity contribution < 1.29 is 9.52 Å². The summed E-state index contributed by atoms with van der Waals surface area (Å²) >= 11 is 0. The van der Waals surface area contributed by atoms with Crippen molar-refractivity contribution in [3.05, 3.63) is 28.3 Å². The van der Waals surface area contributed by atoms with E-state index in [2.05, 4.69) is 26.8 Å². The normalized spacial score (nSPS) is 17.0. The Bertz CT molecular complexity index is 973. The smallest absolute Gasteiger partial charge is 0.294 e. The van der Waals surface area contributed by atoms with Crippen molar-refractivity contribution in [2.75, 3.05) is 33.2 Å². The maximum absolute atomic E-state index is 12.4. The second-order valence-electron chi connectivity index (χ2n) is 6.51. The van der Waals surface area contributed by atoms with Crippen LogP contribution in [0.25, 0.3) is 22.1 Å². The Balaban J connectivity index is 1.76. The minimum Gasteiger partial charge on any atom is -0.508 e. The fourth-order valence-electron chi connectivity index (χ4n) is 3.14. The van der Waals surface area contributed by atoms with Crippen molar-refractivity contribution in [2.45, 2.75) is 6.54 Å². The fourth-order valence-corrected chi connectivity index (χ4v) is 3.14. The molecule has 1 aromatic carbocycles. The number of rotatable bonds is 2. The van der Waals surface area contributed by atoms with Gasteiger partial charge < -0.3 is 19.4 Å². The lowest BCUT2D eigenvalue weighted by Gasteiger charge is -2.31. The first kappa shape index (κ1) is 15.2. The van der Waals surface area contributed by atoms with Crippen molar-refractivity contribution in [3.63, 3.8) is 0 Å². The molecule has 1 fully saturated rings. The molecule has 1 aliphatic rings. The quantitative estimate of drug-likeness (QED) is 0.611. The first-order valence-corrected chi connectivity index (χ1v) is 8.07. The number of aromatic hydroxyl groups is 1. The van der Waals surface area contributed by atoms with Crippen LogP contribution in [0.3, 0.4) is 0 Å². The monoisotopic (exact) mass is 326 g/mol. The summed E-state index contributed by atoms with van der Waals surface area (Å²) in [5.74, 6) is 0.793. The molecule has 0 amide bonds. The number of aromatic amines is 1. The molecule has 7 nitrogen and oxygen atoms in total. The highest BCUT2D eigenvalue weighted by Crippen LogP contribution is 2.26. The number of benzene rings is 1. The number of hydrogen-bond acceptors (Lipinski definition) is 6. The van der Waals surface area contributed by atoms with E-state index in [9.17, 15) is 9.90 Å². The largest absolute Gasteiger partial charge is 0.508 e. The number of phenols is 1. The number of H-pyrrole nitrogens is 1. The second-order valence-corrected chi connectivity index (χ2v) is 6.51. The molecule has 0 radical (unpaired) electrons. The van der Waals surface area contributed by atoms with Crippen LogP contribution in [0.4, 0.5) is 0 Å². The van der Waals surface area contributed by atoms with Crippen LogP contribution < -0.4 is 11.0 Å². The Labute approximate surface area is 139 Å². The number of likely N-dealkylation sites (N-methyl/N-ethyl adjacent to an activating group) is 1. The molecule has 0 unspecified atom stereocenters. The third kappa shape index (κ3) is 2.57. The molecule has 2 aromatic heterocycles. The zero-order chi connectivity index (χ0) is 16.8. The van der Waals surface area contributed by atoms with E-state index in [0.717, 1.165) is 37.0 Å². The molecule has 24 heavy (non-hydrogen) atoms. The molecule has 0 atom stereocenters. The lowest BCUT2D eigenvalue weighted by molar-refractivity contribution is 0.145. The number of fused-ring (bicyclic) bond motifs is 3. The summed E-state index contributed by atoms with van der Waals surface area (Å²) in [6.07, 6.45) is 0. The van der Waals surface area contributed by atoms with Gasteiger partial charge in [-0.1, -0.05) is 6.07 Å². The van der Waals surface area contributed by atoms with Crippen LogP contribution in [0, 0.1) is 0 Å². The Hall–Kier alpha value is -2.32. The van der Waals surface area contributed by atoms with E-state index in [4.69, 9.17) is 4.42 Å². The molecular formula is C16H19BN4O3. The Morgan fingerprint density at radius 1 is 1.33 bits per heavy atom. The number of piperazine rings is 1. The van der Waals surface area contributed by atoms with Gasteiger partial charge in [-0.2, -0.15) is 0 Å². The van der Waals surface area contributed by atoms with E-state index in [0.29, 0.717) is 23.5 Å². The van der Waals surface area contributed by atoms with Gasteiger partial charge in [0, 0.05) is 37.6 Å². The Kier molecular flexibility index (Phi) is 3.58. The van der Waals surface area contributed by atoms with Crippen molar-refractivity contribution in [2.24, 2.45) is 0 Å². The van der Waals surface area contributed by atoms with Gasteiger partial charge in [-0.05, 0) is 12.5 Å². The van der Waals surface area contributed by atoms with E-state index < -0.39 is 0 Å². The molecule has 1 aliphatic heterocycles. The average Bonchev–Trinajstić information content (AvgIpc) is 2.89. The predicted molar refractivity (Wildman–Crippen MR) is 94.8 cm³/mol. The highest BCUT2D eigenvalue weighted by atomic mass is 16.3. The van der Waals surface area contributed by atoms with Crippen LogP contribution >= 0.6 is 0 Å². The summed E-state index contributed by atoms with van der Waals surface area (Å²) in [5, 5.41) is 10.6. The van der Waals surface area contributed by atoms with Gasteiger partial charge in [-0.25, -0.2) is 4.98 Å². The minimum atomic E-state index is -0.280. The van der Waals surface area contributed by atoms with Crippen molar-refractivity contribution in [3.8, 4) is 5.75 Å². The first-order valence-electron chi connectivity index (χ1n) is 8.07. The summed E-state index contributed by atoms with van der Waals surface area (Å²) in [4.78, 5) is 24.4. The Morgan fingerprint density at radius 3 is 2.83 bits per heavy atom. The van der Waals surface area contributed by atoms with Gasteiger partial charge in [0.25, 0.3) is 5.56 Å². The number of nitrogens with one attached hydrogen (secondary N) is 1. The topological polar surface area (TPSA) is 85.6 Å². The summed E-state index contributed by atoms with van der Waals surface area (Å²) in [7, 11) is 3.92. The molecule has 3 aromatic rings. The molecule has 124 valence electrons. The lowest BCUT2D eigenvalue weighted by Crippen LogP contribution is -2.44. The molecular weight excluding hydrogens is 307 g/mol. The van der Waals surface area contributed by atoms with Gasteiger partial charge in [0.1, 0.15) is 30.5 Å². The van der Waals surface area contributed by atoms with Crippen LogP contribution in [0.1, 0.15) is 5.82 Å². The third-order valence-corrected chi connectivity index (χ3v) is 4.66. The molecule has 3 heterocycles. The molecule has 0 bridgehead atoms. The van der Waals surface area contributed by atoms with Gasteiger partial charge in [0.15, 0.2) is 0 Å². The van der Waals surface area contributed by atoms with Gasteiger partial charge in [-0.3, -0.25) is 9.69 Å². The minimum absolute atomic E-state index is 0.149. The molecule has 4 rings (SSSR count). The summed E-state index contributed by atoms with van der Waals surface area (Å²) in [6, 6.07) is 3.34. The molecule has 8 heteroatoms.